The van der Waals surface area contributed by atoms with Crippen LogP contribution in [0.25, 0.3) is 0 Å². The number of hydrogen-bond acceptors (Lipinski definition) is 3. The molecule has 0 saturated heterocycles. The average Bonchev–Trinajstić information content (AvgIpc) is 2.18. The SMILES string of the molecule is CC(C)(C)OC(=O)Nc1cc(C(F)F)ncc1F. The monoisotopic (exact) mass is 262 g/mol. The first-order valence-electron chi connectivity index (χ1n) is 5.12. The van der Waals surface area contributed by atoms with Crippen molar-refractivity contribution in [3.63, 3.8) is 0 Å². The van der Waals surface area contributed by atoms with Crippen molar-refractivity contribution in [3.05, 3.63) is 23.8 Å². The molecule has 0 atom stereocenters. The molecule has 0 aliphatic carbocycles. The number of ether oxygens (including phenoxy) is 1. The van der Waals surface area contributed by atoms with Gasteiger partial charge in [-0.25, -0.2) is 18.0 Å². The molecule has 0 aromatic carbocycles. The Balaban J connectivity index is 2.84. The van der Waals surface area contributed by atoms with Gasteiger partial charge in [0.05, 0.1) is 11.9 Å². The highest BCUT2D eigenvalue weighted by Gasteiger charge is 2.19. The van der Waals surface area contributed by atoms with E-state index in [0.29, 0.717) is 6.20 Å². The lowest BCUT2D eigenvalue weighted by atomic mass is 10.2. The number of carbonyl (C=O) groups is 1. The minimum absolute atomic E-state index is 0.394. The second kappa shape index (κ2) is 5.24. The van der Waals surface area contributed by atoms with Crippen molar-refractivity contribution in [1.29, 1.82) is 0 Å². The molecule has 0 saturated carbocycles. The molecular weight excluding hydrogens is 249 g/mol. The lowest BCUT2D eigenvalue weighted by Gasteiger charge is -2.19. The molecule has 18 heavy (non-hydrogen) atoms. The van der Waals surface area contributed by atoms with Crippen molar-refractivity contribution < 1.29 is 22.7 Å². The Bertz CT molecular complexity index is 444. The molecule has 100 valence electrons. The molecule has 1 amide bonds. The van der Waals surface area contributed by atoms with Crippen LogP contribution in [0.5, 0.6) is 0 Å². The largest absolute Gasteiger partial charge is 0.444 e. The van der Waals surface area contributed by atoms with Gasteiger partial charge in [-0.2, -0.15) is 0 Å². The second-order valence-corrected chi connectivity index (χ2v) is 4.52. The first-order valence-corrected chi connectivity index (χ1v) is 5.12. The number of pyridine rings is 1. The molecular formula is C11H13F3N2O2. The van der Waals surface area contributed by atoms with Crippen LogP contribution in [0.3, 0.4) is 0 Å². The molecule has 1 aromatic rings. The Morgan fingerprint density at radius 2 is 2.06 bits per heavy atom. The summed E-state index contributed by atoms with van der Waals surface area (Å²) in [5.74, 6) is -0.912. The van der Waals surface area contributed by atoms with Crippen LogP contribution >= 0.6 is 0 Å². The van der Waals surface area contributed by atoms with Crippen LogP contribution in [0.15, 0.2) is 12.3 Å². The van der Waals surface area contributed by atoms with Crippen LogP contribution in [-0.2, 0) is 4.74 Å². The van der Waals surface area contributed by atoms with Gasteiger partial charge in [0.2, 0.25) is 0 Å². The fourth-order valence-electron chi connectivity index (χ4n) is 1.08. The number of amides is 1. The fraction of sp³-hybridized carbons (Fsp3) is 0.455. The molecule has 7 heteroatoms. The molecule has 0 aliphatic rings. The predicted molar refractivity (Wildman–Crippen MR) is 59.0 cm³/mol. The van der Waals surface area contributed by atoms with Gasteiger partial charge < -0.3 is 4.74 Å². The maximum Gasteiger partial charge on any atom is 0.412 e. The third-order valence-corrected chi connectivity index (χ3v) is 1.74. The molecule has 0 aliphatic heterocycles. The molecule has 1 rings (SSSR count). The van der Waals surface area contributed by atoms with Crippen LogP contribution < -0.4 is 5.32 Å². The van der Waals surface area contributed by atoms with Crippen LogP contribution in [0.1, 0.15) is 32.9 Å². The highest BCUT2D eigenvalue weighted by molar-refractivity contribution is 5.85. The summed E-state index contributed by atoms with van der Waals surface area (Å²) in [4.78, 5) is 14.6. The Kier molecular flexibility index (Phi) is 4.15. The first-order chi connectivity index (χ1) is 8.19. The van der Waals surface area contributed by atoms with Gasteiger partial charge in [-0.05, 0) is 26.8 Å². The van der Waals surface area contributed by atoms with Gasteiger partial charge in [0.25, 0.3) is 6.43 Å². The van der Waals surface area contributed by atoms with E-state index in [1.165, 1.54) is 0 Å². The highest BCUT2D eigenvalue weighted by Crippen LogP contribution is 2.22. The van der Waals surface area contributed by atoms with E-state index < -0.39 is 35.3 Å². The quantitative estimate of drug-likeness (QED) is 0.887. The van der Waals surface area contributed by atoms with Crippen molar-refractivity contribution in [3.8, 4) is 0 Å². The Hall–Kier alpha value is -1.79. The van der Waals surface area contributed by atoms with E-state index in [-0.39, 0.29) is 0 Å². The number of rotatable bonds is 2. The number of halogens is 3. The number of nitrogens with one attached hydrogen (secondary N) is 1. The number of alkyl halides is 2. The van der Waals surface area contributed by atoms with Gasteiger partial charge in [-0.1, -0.05) is 0 Å². The summed E-state index contributed by atoms with van der Waals surface area (Å²) in [6.07, 6.45) is -3.15. The maximum atomic E-state index is 13.2. The molecule has 4 nitrogen and oxygen atoms in total. The summed E-state index contributed by atoms with van der Waals surface area (Å²) in [7, 11) is 0. The number of nitrogens with zero attached hydrogens (tertiary/aromatic N) is 1. The molecule has 1 N–H and O–H groups in total. The maximum absolute atomic E-state index is 13.2. The van der Waals surface area contributed by atoms with Crippen molar-refractivity contribution in [2.45, 2.75) is 32.8 Å². The third-order valence-electron chi connectivity index (χ3n) is 1.74. The van der Waals surface area contributed by atoms with E-state index in [2.05, 4.69) is 10.3 Å². The molecule has 0 radical (unpaired) electrons. The second-order valence-electron chi connectivity index (χ2n) is 4.52. The van der Waals surface area contributed by atoms with Gasteiger partial charge >= 0.3 is 6.09 Å². The summed E-state index contributed by atoms with van der Waals surface area (Å²) in [5, 5.41) is 2.05. The molecule has 0 spiro atoms. The molecule has 1 heterocycles. The minimum atomic E-state index is -2.84. The van der Waals surface area contributed by atoms with E-state index >= 15 is 0 Å². The zero-order chi connectivity index (χ0) is 13.9. The Morgan fingerprint density at radius 3 is 2.56 bits per heavy atom. The molecule has 0 unspecified atom stereocenters. The number of anilines is 1. The fourth-order valence-corrected chi connectivity index (χ4v) is 1.08. The molecule has 0 fully saturated rings. The molecule has 0 bridgehead atoms. The smallest absolute Gasteiger partial charge is 0.412 e. The standard InChI is InChI=1S/C11H13F3N2O2/c1-11(2,3)18-10(17)16-7-4-8(9(13)14)15-5-6(7)12/h4-5,9H,1-3H3,(H,15,16,17). The van der Waals surface area contributed by atoms with Crippen LogP contribution in [-0.4, -0.2) is 16.7 Å². The van der Waals surface area contributed by atoms with Gasteiger partial charge in [-0.3, -0.25) is 10.3 Å². The van der Waals surface area contributed by atoms with E-state index in [1.807, 2.05) is 0 Å². The summed E-state index contributed by atoms with van der Waals surface area (Å²) < 4.78 is 42.8. The third kappa shape index (κ3) is 4.23. The lowest BCUT2D eigenvalue weighted by Crippen LogP contribution is -2.27. The van der Waals surface area contributed by atoms with Crippen molar-refractivity contribution in [2.24, 2.45) is 0 Å². The first kappa shape index (κ1) is 14.3. The zero-order valence-corrected chi connectivity index (χ0v) is 10.1. The molecule has 1 aromatic heterocycles. The van der Waals surface area contributed by atoms with Crippen LogP contribution in [0.4, 0.5) is 23.7 Å². The summed E-state index contributed by atoms with van der Waals surface area (Å²) in [5.41, 5.74) is -1.78. The van der Waals surface area contributed by atoms with E-state index in [0.717, 1.165) is 6.07 Å². The minimum Gasteiger partial charge on any atom is -0.444 e. The van der Waals surface area contributed by atoms with Gasteiger partial charge in [0.1, 0.15) is 11.3 Å². The Morgan fingerprint density at radius 1 is 1.44 bits per heavy atom. The van der Waals surface area contributed by atoms with Gasteiger partial charge in [-0.15, -0.1) is 0 Å². The van der Waals surface area contributed by atoms with Crippen molar-refractivity contribution >= 4 is 11.8 Å². The lowest BCUT2D eigenvalue weighted by molar-refractivity contribution is 0.0635. The highest BCUT2D eigenvalue weighted by atomic mass is 19.3. The van der Waals surface area contributed by atoms with Crippen molar-refractivity contribution in [2.75, 3.05) is 5.32 Å². The van der Waals surface area contributed by atoms with Crippen molar-refractivity contribution in [1.82, 2.24) is 4.98 Å². The predicted octanol–water partition coefficient (Wildman–Crippen LogP) is 3.51. The Labute approximate surface area is 102 Å². The van der Waals surface area contributed by atoms with Crippen LogP contribution in [0, 0.1) is 5.82 Å². The number of carbonyl (C=O) groups excluding carboxylic acids is 1. The van der Waals surface area contributed by atoms with E-state index in [9.17, 15) is 18.0 Å². The summed E-state index contributed by atoms with van der Waals surface area (Å²) >= 11 is 0. The summed E-state index contributed by atoms with van der Waals surface area (Å²) in [6, 6.07) is 0.768. The summed E-state index contributed by atoms with van der Waals surface area (Å²) in [6.45, 7) is 4.88. The van der Waals surface area contributed by atoms with Crippen LogP contribution in [0.2, 0.25) is 0 Å². The van der Waals surface area contributed by atoms with E-state index in [4.69, 9.17) is 4.74 Å². The van der Waals surface area contributed by atoms with Gasteiger partial charge in [0.15, 0.2) is 5.82 Å². The average molecular weight is 262 g/mol. The normalized spacial score (nSPS) is 11.5. The number of aromatic nitrogens is 1. The topological polar surface area (TPSA) is 51.2 Å². The number of hydrogen-bond donors (Lipinski definition) is 1. The van der Waals surface area contributed by atoms with E-state index in [1.54, 1.807) is 20.8 Å². The van der Waals surface area contributed by atoms with Gasteiger partial charge in [0, 0.05) is 0 Å². The zero-order valence-electron chi connectivity index (χ0n) is 10.1.